The van der Waals surface area contributed by atoms with Gasteiger partial charge in [0.05, 0.1) is 10.9 Å². The van der Waals surface area contributed by atoms with Crippen LogP contribution in [0.3, 0.4) is 0 Å². The molecule has 0 aliphatic rings. The van der Waals surface area contributed by atoms with E-state index in [0.29, 0.717) is 6.54 Å². The molecule has 20 heavy (non-hydrogen) atoms. The quantitative estimate of drug-likeness (QED) is 0.830. The van der Waals surface area contributed by atoms with Gasteiger partial charge in [-0.3, -0.25) is 0 Å². The van der Waals surface area contributed by atoms with Gasteiger partial charge in [0.25, 0.3) is 0 Å². The van der Waals surface area contributed by atoms with Crippen molar-refractivity contribution >= 4 is 12.0 Å². The maximum atomic E-state index is 9.51. The van der Waals surface area contributed by atoms with Crippen LogP contribution in [-0.4, -0.2) is 31.4 Å². The molecule has 2 aromatic rings. The molecule has 0 radical (unpaired) electrons. The maximum absolute atomic E-state index is 9.51. The number of nitrogens with one attached hydrogen (secondary N) is 1. The Morgan fingerprint density at radius 2 is 2.15 bits per heavy atom. The third-order valence-electron chi connectivity index (χ3n) is 2.77. The van der Waals surface area contributed by atoms with Crippen LogP contribution in [0.2, 0.25) is 0 Å². The second-order valence-electron chi connectivity index (χ2n) is 5.60. The van der Waals surface area contributed by atoms with Gasteiger partial charge < -0.3 is 9.87 Å². The van der Waals surface area contributed by atoms with E-state index < -0.39 is 0 Å². The number of hydrogen-bond donors (Lipinski definition) is 2. The van der Waals surface area contributed by atoms with Crippen LogP contribution in [0.1, 0.15) is 31.7 Å². The number of hydrogen-bond acceptors (Lipinski definition) is 5. The molecule has 0 aromatic carbocycles. The first-order valence-electron chi connectivity index (χ1n) is 6.52. The molecule has 0 aliphatic heterocycles. The van der Waals surface area contributed by atoms with Crippen molar-refractivity contribution in [2.75, 3.05) is 6.54 Å². The molecule has 1 atom stereocenters. The van der Waals surface area contributed by atoms with E-state index in [1.807, 2.05) is 30.5 Å². The number of aromatic nitrogens is 3. The fraction of sp³-hybridized carbons (Fsp3) is 0.429. The third-order valence-corrected chi connectivity index (χ3v) is 3.43. The van der Waals surface area contributed by atoms with E-state index in [-0.39, 0.29) is 10.8 Å². The molecule has 2 rings (SSSR count). The minimum absolute atomic E-state index is 0.00751. The first-order valence-corrected chi connectivity index (χ1v) is 7.35. The lowest BCUT2D eigenvalue weighted by molar-refractivity contribution is 0.424. The summed E-state index contributed by atoms with van der Waals surface area (Å²) in [7, 11) is 0. The molecule has 0 fully saturated rings. The highest BCUT2D eigenvalue weighted by molar-refractivity contribution is 7.94. The minimum Gasteiger partial charge on any atom is -0.329 e. The van der Waals surface area contributed by atoms with Crippen molar-refractivity contribution in [3.8, 4) is 5.82 Å². The Bertz CT molecular complexity index is 536. The monoisotopic (exact) mass is 292 g/mol. The molecule has 1 unspecified atom stereocenters. The smallest absolute Gasteiger partial charge is 0.153 e. The van der Waals surface area contributed by atoms with Crippen LogP contribution >= 0.6 is 12.0 Å². The highest BCUT2D eigenvalue weighted by atomic mass is 32.2. The third kappa shape index (κ3) is 4.06. The largest absolute Gasteiger partial charge is 0.329 e. The van der Waals surface area contributed by atoms with Gasteiger partial charge in [0.1, 0.15) is 0 Å². The van der Waals surface area contributed by atoms with Crippen LogP contribution in [0, 0.1) is 0 Å². The number of pyridine rings is 1. The maximum Gasteiger partial charge on any atom is 0.153 e. The molecule has 0 aliphatic carbocycles. The molecule has 6 heteroatoms. The molecule has 2 aromatic heterocycles. The predicted molar refractivity (Wildman–Crippen MR) is 82.1 cm³/mol. The van der Waals surface area contributed by atoms with E-state index >= 15 is 0 Å². The zero-order valence-electron chi connectivity index (χ0n) is 11.9. The second kappa shape index (κ2) is 6.39. The van der Waals surface area contributed by atoms with Crippen LogP contribution in [0.15, 0.2) is 36.7 Å². The summed E-state index contributed by atoms with van der Waals surface area (Å²) >= 11 is 0.815. The summed E-state index contributed by atoms with van der Waals surface area (Å²) in [5, 5.41) is 7.44. The van der Waals surface area contributed by atoms with Gasteiger partial charge >= 0.3 is 0 Å². The van der Waals surface area contributed by atoms with E-state index in [4.69, 9.17) is 0 Å². The topological polar surface area (TPSA) is 63.0 Å². The van der Waals surface area contributed by atoms with Crippen molar-refractivity contribution in [1.82, 2.24) is 20.1 Å². The molecule has 108 valence electrons. The Labute approximate surface area is 123 Å². The molecule has 0 saturated heterocycles. The van der Waals surface area contributed by atoms with E-state index in [1.165, 1.54) is 0 Å². The van der Waals surface area contributed by atoms with Crippen molar-refractivity contribution < 1.29 is 4.55 Å². The molecule has 0 saturated carbocycles. The van der Waals surface area contributed by atoms with Gasteiger partial charge in [-0.15, -0.1) is 0 Å². The Morgan fingerprint density at radius 3 is 2.75 bits per heavy atom. The molecule has 0 spiro atoms. The average Bonchev–Trinajstić information content (AvgIpc) is 2.92. The van der Waals surface area contributed by atoms with E-state index in [9.17, 15) is 4.55 Å². The Balaban J connectivity index is 2.16. The molecular formula is C14H20N4OS. The van der Waals surface area contributed by atoms with Gasteiger partial charge in [-0.1, -0.05) is 6.07 Å². The van der Waals surface area contributed by atoms with Gasteiger partial charge in [-0.05, 0) is 51.0 Å². The van der Waals surface area contributed by atoms with E-state index in [1.54, 1.807) is 10.9 Å². The van der Waals surface area contributed by atoms with Crippen molar-refractivity contribution in [1.29, 1.82) is 0 Å². The average molecular weight is 292 g/mol. The number of rotatable bonds is 5. The van der Waals surface area contributed by atoms with Crippen LogP contribution < -0.4 is 5.32 Å². The van der Waals surface area contributed by atoms with Crippen LogP contribution in [0.4, 0.5) is 0 Å². The van der Waals surface area contributed by atoms with Gasteiger partial charge in [0, 0.05) is 24.5 Å². The standard InChI is InChI=1S/C14H20N4OS/c1-14(2,3)15-10-12(20-19)11-6-4-7-13(17-11)18-9-5-8-16-18/h4-9,12,15,19H,10H2,1-3H3. The Hall–Kier alpha value is -1.37. The number of nitrogens with zero attached hydrogens (tertiary/aromatic N) is 3. The van der Waals surface area contributed by atoms with Crippen LogP contribution in [0.25, 0.3) is 5.82 Å². The minimum atomic E-state index is -0.107. The summed E-state index contributed by atoms with van der Waals surface area (Å²) < 4.78 is 11.2. The normalized spacial score (nSPS) is 13.4. The Morgan fingerprint density at radius 1 is 1.35 bits per heavy atom. The zero-order chi connectivity index (χ0) is 14.6. The molecule has 2 heterocycles. The lowest BCUT2D eigenvalue weighted by atomic mass is 10.1. The second-order valence-corrected chi connectivity index (χ2v) is 6.38. The summed E-state index contributed by atoms with van der Waals surface area (Å²) in [4.78, 5) is 4.57. The molecule has 2 N–H and O–H groups in total. The predicted octanol–water partition coefficient (Wildman–Crippen LogP) is 2.90. The lowest BCUT2D eigenvalue weighted by Gasteiger charge is -2.23. The van der Waals surface area contributed by atoms with Gasteiger partial charge in [-0.25, -0.2) is 9.67 Å². The van der Waals surface area contributed by atoms with Gasteiger partial charge in [0.15, 0.2) is 5.82 Å². The molecular weight excluding hydrogens is 272 g/mol. The first-order chi connectivity index (χ1) is 9.49. The summed E-state index contributed by atoms with van der Waals surface area (Å²) in [6.45, 7) is 6.94. The highest BCUT2D eigenvalue weighted by Gasteiger charge is 2.17. The summed E-state index contributed by atoms with van der Waals surface area (Å²) in [6.07, 6.45) is 3.56. The Kier molecular flexibility index (Phi) is 4.80. The van der Waals surface area contributed by atoms with Crippen molar-refractivity contribution in [2.24, 2.45) is 0 Å². The van der Waals surface area contributed by atoms with Crippen LogP contribution in [-0.2, 0) is 0 Å². The molecule has 5 nitrogen and oxygen atoms in total. The SMILES string of the molecule is CC(C)(C)NCC(SO)c1cccc(-n2cccn2)n1. The van der Waals surface area contributed by atoms with Crippen molar-refractivity contribution in [3.63, 3.8) is 0 Å². The highest BCUT2D eigenvalue weighted by Crippen LogP contribution is 2.25. The summed E-state index contributed by atoms with van der Waals surface area (Å²) in [5.41, 5.74) is 0.843. The van der Waals surface area contributed by atoms with Gasteiger partial charge in [0.2, 0.25) is 0 Å². The van der Waals surface area contributed by atoms with Crippen molar-refractivity contribution in [2.45, 2.75) is 31.6 Å². The van der Waals surface area contributed by atoms with Crippen LogP contribution in [0.5, 0.6) is 0 Å². The molecule has 0 bridgehead atoms. The van der Waals surface area contributed by atoms with E-state index in [2.05, 4.69) is 36.2 Å². The van der Waals surface area contributed by atoms with E-state index in [0.717, 1.165) is 23.6 Å². The lowest BCUT2D eigenvalue weighted by Crippen LogP contribution is -2.38. The fourth-order valence-corrected chi connectivity index (χ4v) is 2.14. The molecule has 0 amide bonds. The summed E-state index contributed by atoms with van der Waals surface area (Å²) in [6, 6.07) is 7.60. The van der Waals surface area contributed by atoms with Crippen molar-refractivity contribution in [3.05, 3.63) is 42.4 Å². The first kappa shape index (κ1) is 15.0. The zero-order valence-corrected chi connectivity index (χ0v) is 12.8. The van der Waals surface area contributed by atoms with Gasteiger partial charge in [-0.2, -0.15) is 5.10 Å². The fourth-order valence-electron chi connectivity index (χ4n) is 1.75. The summed E-state index contributed by atoms with van der Waals surface area (Å²) in [5.74, 6) is 0.752.